The molecule has 0 spiro atoms. The minimum Gasteiger partial charge on any atom is -0.455 e. The molecule has 4 aromatic rings. The summed E-state index contributed by atoms with van der Waals surface area (Å²) >= 11 is 1.20. The third-order valence-electron chi connectivity index (χ3n) is 5.24. The summed E-state index contributed by atoms with van der Waals surface area (Å²) in [6, 6.07) is 9.05. The van der Waals surface area contributed by atoms with Crippen LogP contribution in [0.2, 0.25) is 0 Å². The van der Waals surface area contributed by atoms with Gasteiger partial charge in [-0.1, -0.05) is 0 Å². The number of aromatic nitrogens is 4. The van der Waals surface area contributed by atoms with Crippen LogP contribution in [0.3, 0.4) is 0 Å². The van der Waals surface area contributed by atoms with Gasteiger partial charge in [-0.3, -0.25) is 14.6 Å². The first-order valence-electron chi connectivity index (χ1n) is 10.3. The molecule has 0 fully saturated rings. The molecule has 9 heteroatoms. The lowest BCUT2D eigenvalue weighted by Gasteiger charge is -2.11. The first-order valence-corrected chi connectivity index (χ1v) is 11.1. The van der Waals surface area contributed by atoms with Crippen LogP contribution < -0.4 is 15.6 Å². The van der Waals surface area contributed by atoms with E-state index in [1.54, 1.807) is 44.6 Å². The van der Waals surface area contributed by atoms with Crippen LogP contribution >= 0.6 is 11.3 Å². The lowest BCUT2D eigenvalue weighted by molar-refractivity contribution is 0.103. The topological polar surface area (TPSA) is 99.0 Å². The fourth-order valence-corrected chi connectivity index (χ4v) is 4.43. The number of amides is 1. The SMILES string of the molecule is Cc1cc(NC(=O)c2sc(-c3c(C)c(C)nn(C)c3=O)nc2C)ccc1Oc1cccnc1. The molecular weight excluding hydrogens is 438 g/mol. The summed E-state index contributed by atoms with van der Waals surface area (Å²) in [5.41, 5.74) is 3.82. The van der Waals surface area contributed by atoms with E-state index >= 15 is 0 Å². The van der Waals surface area contributed by atoms with E-state index in [9.17, 15) is 9.59 Å². The molecular formula is C24H23N5O3S. The molecule has 0 aliphatic heterocycles. The summed E-state index contributed by atoms with van der Waals surface area (Å²) < 4.78 is 7.14. The van der Waals surface area contributed by atoms with Crippen molar-refractivity contribution in [2.24, 2.45) is 7.05 Å². The molecule has 1 amide bonds. The van der Waals surface area contributed by atoms with Crippen molar-refractivity contribution in [3.8, 4) is 22.1 Å². The van der Waals surface area contributed by atoms with Crippen LogP contribution in [0.4, 0.5) is 5.69 Å². The number of nitrogens with one attached hydrogen (secondary N) is 1. The third-order valence-corrected chi connectivity index (χ3v) is 6.41. The third kappa shape index (κ3) is 4.54. The highest BCUT2D eigenvalue weighted by Crippen LogP contribution is 2.30. The second kappa shape index (κ2) is 8.95. The van der Waals surface area contributed by atoms with Gasteiger partial charge in [0.25, 0.3) is 11.5 Å². The smallest absolute Gasteiger partial charge is 0.277 e. The van der Waals surface area contributed by atoms with Gasteiger partial charge < -0.3 is 10.1 Å². The summed E-state index contributed by atoms with van der Waals surface area (Å²) in [7, 11) is 1.61. The summed E-state index contributed by atoms with van der Waals surface area (Å²) in [4.78, 5) is 34.7. The van der Waals surface area contributed by atoms with Gasteiger partial charge in [0.05, 0.1) is 23.1 Å². The Balaban J connectivity index is 1.58. The quantitative estimate of drug-likeness (QED) is 0.467. The van der Waals surface area contributed by atoms with Crippen molar-refractivity contribution in [1.29, 1.82) is 0 Å². The lowest BCUT2D eigenvalue weighted by Crippen LogP contribution is -2.23. The Labute approximate surface area is 194 Å². The number of anilines is 1. The van der Waals surface area contributed by atoms with E-state index in [0.29, 0.717) is 38.3 Å². The molecule has 0 aliphatic carbocycles. The van der Waals surface area contributed by atoms with Crippen molar-refractivity contribution in [1.82, 2.24) is 19.7 Å². The molecule has 168 valence electrons. The van der Waals surface area contributed by atoms with Gasteiger partial charge in [-0.2, -0.15) is 5.10 Å². The van der Waals surface area contributed by atoms with Crippen LogP contribution in [0.1, 0.15) is 32.2 Å². The van der Waals surface area contributed by atoms with Gasteiger partial charge in [0, 0.05) is 18.9 Å². The number of hydrogen-bond donors (Lipinski definition) is 1. The predicted octanol–water partition coefficient (Wildman–Crippen LogP) is 4.58. The number of carbonyl (C=O) groups is 1. The maximum atomic E-state index is 13.0. The van der Waals surface area contributed by atoms with E-state index in [1.165, 1.54) is 16.0 Å². The average molecular weight is 462 g/mol. The van der Waals surface area contributed by atoms with Crippen LogP contribution in [0, 0.1) is 27.7 Å². The Morgan fingerprint density at radius 2 is 1.91 bits per heavy atom. The number of benzene rings is 1. The summed E-state index contributed by atoms with van der Waals surface area (Å²) in [6.07, 6.45) is 3.32. The molecule has 8 nitrogen and oxygen atoms in total. The fraction of sp³-hybridized carbons (Fsp3) is 0.208. The first kappa shape index (κ1) is 22.3. The van der Waals surface area contributed by atoms with E-state index in [1.807, 2.05) is 32.9 Å². The van der Waals surface area contributed by atoms with Gasteiger partial charge in [0.1, 0.15) is 21.4 Å². The molecule has 33 heavy (non-hydrogen) atoms. The normalized spacial score (nSPS) is 10.8. The molecule has 1 aromatic carbocycles. The van der Waals surface area contributed by atoms with Crippen molar-refractivity contribution < 1.29 is 9.53 Å². The highest BCUT2D eigenvalue weighted by molar-refractivity contribution is 7.17. The Hall–Kier alpha value is -3.85. The largest absolute Gasteiger partial charge is 0.455 e. The maximum absolute atomic E-state index is 13.0. The van der Waals surface area contributed by atoms with Crippen LogP contribution in [-0.4, -0.2) is 25.7 Å². The van der Waals surface area contributed by atoms with Gasteiger partial charge in [-0.05, 0) is 69.2 Å². The molecule has 0 saturated heterocycles. The molecule has 0 aliphatic rings. The molecule has 3 heterocycles. The Morgan fingerprint density at radius 3 is 2.61 bits per heavy atom. The van der Waals surface area contributed by atoms with Gasteiger partial charge in [-0.25, -0.2) is 9.67 Å². The van der Waals surface area contributed by atoms with E-state index in [-0.39, 0.29) is 11.5 Å². The zero-order valence-corrected chi connectivity index (χ0v) is 19.8. The van der Waals surface area contributed by atoms with Crippen molar-refractivity contribution in [3.05, 3.63) is 80.5 Å². The van der Waals surface area contributed by atoms with Crippen molar-refractivity contribution in [2.45, 2.75) is 27.7 Å². The molecule has 0 atom stereocenters. The van der Waals surface area contributed by atoms with Crippen LogP contribution in [0.25, 0.3) is 10.6 Å². The van der Waals surface area contributed by atoms with Gasteiger partial charge in [0.15, 0.2) is 0 Å². The summed E-state index contributed by atoms with van der Waals surface area (Å²) in [5, 5.41) is 7.64. The van der Waals surface area contributed by atoms with Gasteiger partial charge in [0.2, 0.25) is 0 Å². The highest BCUT2D eigenvalue weighted by Gasteiger charge is 2.21. The Morgan fingerprint density at radius 1 is 1.12 bits per heavy atom. The van der Waals surface area contributed by atoms with E-state index in [0.717, 1.165) is 16.8 Å². The number of rotatable bonds is 5. The molecule has 0 saturated carbocycles. The fourth-order valence-electron chi connectivity index (χ4n) is 3.38. The monoisotopic (exact) mass is 461 g/mol. The van der Waals surface area contributed by atoms with Crippen LogP contribution in [0.15, 0.2) is 47.5 Å². The van der Waals surface area contributed by atoms with Crippen molar-refractivity contribution in [2.75, 3.05) is 5.32 Å². The first-order chi connectivity index (χ1) is 15.7. The molecule has 4 rings (SSSR count). The minimum absolute atomic E-state index is 0.237. The molecule has 1 N–H and O–H groups in total. The van der Waals surface area contributed by atoms with Crippen LogP contribution in [0.5, 0.6) is 11.5 Å². The molecule has 3 aromatic heterocycles. The number of thiazole rings is 1. The number of ether oxygens (including phenoxy) is 1. The number of carbonyl (C=O) groups excluding carboxylic acids is 1. The standard InChI is InChI=1S/C24H23N5O3S/c1-13-11-17(8-9-19(13)32-18-7-6-10-25-12-18)27-22(30)21-16(4)26-23(33-21)20-14(2)15(3)28-29(5)24(20)31/h6-12H,1-5H3,(H,27,30). The minimum atomic E-state index is -0.281. The highest BCUT2D eigenvalue weighted by atomic mass is 32.1. The Kier molecular flexibility index (Phi) is 6.06. The van der Waals surface area contributed by atoms with Crippen molar-refractivity contribution in [3.63, 3.8) is 0 Å². The molecule has 0 unspecified atom stereocenters. The van der Waals surface area contributed by atoms with E-state index < -0.39 is 0 Å². The zero-order chi connectivity index (χ0) is 23.7. The molecule has 0 bridgehead atoms. The number of pyridine rings is 1. The summed E-state index contributed by atoms with van der Waals surface area (Å²) in [6.45, 7) is 7.35. The van der Waals surface area contributed by atoms with E-state index in [4.69, 9.17) is 4.74 Å². The van der Waals surface area contributed by atoms with Crippen LogP contribution in [-0.2, 0) is 7.05 Å². The van der Waals surface area contributed by atoms with Gasteiger partial charge in [-0.15, -0.1) is 11.3 Å². The maximum Gasteiger partial charge on any atom is 0.277 e. The van der Waals surface area contributed by atoms with E-state index in [2.05, 4.69) is 20.4 Å². The predicted molar refractivity (Wildman–Crippen MR) is 128 cm³/mol. The van der Waals surface area contributed by atoms with Gasteiger partial charge >= 0.3 is 0 Å². The second-order valence-corrected chi connectivity index (χ2v) is 8.67. The van der Waals surface area contributed by atoms with Crippen molar-refractivity contribution >= 4 is 22.9 Å². The lowest BCUT2D eigenvalue weighted by atomic mass is 10.1. The zero-order valence-electron chi connectivity index (χ0n) is 19.0. The molecule has 0 radical (unpaired) electrons. The number of hydrogen-bond acceptors (Lipinski definition) is 7. The number of nitrogens with zero attached hydrogens (tertiary/aromatic N) is 4. The summed E-state index contributed by atoms with van der Waals surface area (Å²) in [5.74, 6) is 1.03. The number of aryl methyl sites for hydroxylation is 4. The second-order valence-electron chi connectivity index (χ2n) is 7.67. The average Bonchev–Trinajstić information content (AvgIpc) is 3.16. The Bertz CT molecular complexity index is 1410.